The van der Waals surface area contributed by atoms with Gasteiger partial charge >= 0.3 is 10.4 Å². The number of rotatable bonds is 2. The summed E-state index contributed by atoms with van der Waals surface area (Å²) in [6.07, 6.45) is 5.35. The molecule has 0 spiro atoms. The van der Waals surface area contributed by atoms with Crippen LogP contribution in [0.15, 0.2) is 5.16 Å². The zero-order chi connectivity index (χ0) is 7.33. The normalized spacial score (nSPS) is 11.1. The summed E-state index contributed by atoms with van der Waals surface area (Å²) in [6.45, 7) is 0. The molecule has 9 heavy (non-hydrogen) atoms. The van der Waals surface area contributed by atoms with Gasteiger partial charge in [0, 0.05) is 0 Å². The molecule has 0 amide bonds. The topological polar surface area (TPSA) is 76.0 Å². The highest BCUT2D eigenvalue weighted by Crippen LogP contribution is 1.83. The van der Waals surface area contributed by atoms with Gasteiger partial charge in [0.25, 0.3) is 0 Å². The molecule has 0 aliphatic heterocycles. The van der Waals surface area contributed by atoms with E-state index in [4.69, 9.17) is 4.55 Å². The first kappa shape index (κ1) is 7.94. The number of hydrogen-bond acceptors (Lipinski definition) is 4. The Labute approximate surface area is 52.3 Å². The summed E-state index contributed by atoms with van der Waals surface area (Å²) in [7, 11) is -4.49. The van der Waals surface area contributed by atoms with Crippen molar-refractivity contribution in [2.24, 2.45) is 5.16 Å². The highest BCUT2D eigenvalue weighted by Gasteiger charge is 1.99. The smallest absolute Gasteiger partial charge is 0.253 e. The SMILES string of the molecule is C#C/C=N/OS(=O)(=O)O. The van der Waals surface area contributed by atoms with Gasteiger partial charge < -0.3 is 0 Å². The fourth-order valence-electron chi connectivity index (χ4n) is 0.106. The Balaban J connectivity index is 3.83. The molecule has 0 rings (SSSR count). The van der Waals surface area contributed by atoms with Crippen molar-refractivity contribution >= 4 is 16.6 Å². The van der Waals surface area contributed by atoms with E-state index in [1.807, 2.05) is 5.92 Å². The van der Waals surface area contributed by atoms with Gasteiger partial charge in [-0.05, 0) is 0 Å². The molecule has 0 aromatic rings. The summed E-state index contributed by atoms with van der Waals surface area (Å²) < 4.78 is 30.6. The lowest BCUT2D eigenvalue weighted by molar-refractivity contribution is 0.284. The average molecular weight is 149 g/mol. The Kier molecular flexibility index (Phi) is 2.70. The molecule has 0 saturated heterocycles. The fourth-order valence-corrected chi connectivity index (χ4v) is 0.258. The summed E-state index contributed by atoms with van der Waals surface area (Å²) in [6, 6.07) is 0. The summed E-state index contributed by atoms with van der Waals surface area (Å²) in [5.74, 6) is 1.85. The first-order chi connectivity index (χ1) is 4.06. The van der Waals surface area contributed by atoms with Crippen LogP contribution in [0.5, 0.6) is 0 Å². The molecule has 0 radical (unpaired) electrons. The number of oxime groups is 1. The summed E-state index contributed by atoms with van der Waals surface area (Å²) in [5, 5.41) is 2.66. The molecule has 0 atom stereocenters. The van der Waals surface area contributed by atoms with Gasteiger partial charge in [0.2, 0.25) is 0 Å². The van der Waals surface area contributed by atoms with Gasteiger partial charge in [-0.1, -0.05) is 11.1 Å². The van der Waals surface area contributed by atoms with Gasteiger partial charge in [-0.15, -0.1) is 6.42 Å². The molecule has 0 aromatic heterocycles. The molecule has 0 fully saturated rings. The van der Waals surface area contributed by atoms with Crippen LogP contribution in [0.25, 0.3) is 0 Å². The maximum absolute atomic E-state index is 9.66. The maximum atomic E-state index is 9.66. The first-order valence-electron chi connectivity index (χ1n) is 1.70. The minimum absolute atomic E-state index is 0.744. The van der Waals surface area contributed by atoms with E-state index in [1.54, 1.807) is 0 Å². The molecule has 1 N–H and O–H groups in total. The lowest BCUT2D eigenvalue weighted by atomic mass is 10.8. The first-order valence-corrected chi connectivity index (χ1v) is 3.07. The molecule has 0 saturated carbocycles. The lowest BCUT2D eigenvalue weighted by Gasteiger charge is -1.85. The molecule has 0 heterocycles. The summed E-state index contributed by atoms with van der Waals surface area (Å²) in [5.41, 5.74) is 0. The van der Waals surface area contributed by atoms with Crippen LogP contribution in [0.4, 0.5) is 0 Å². The number of terminal acetylenes is 1. The van der Waals surface area contributed by atoms with Crippen LogP contribution in [0.2, 0.25) is 0 Å². The minimum atomic E-state index is -4.49. The van der Waals surface area contributed by atoms with Crippen molar-refractivity contribution in [2.45, 2.75) is 0 Å². The van der Waals surface area contributed by atoms with E-state index in [-0.39, 0.29) is 0 Å². The van der Waals surface area contributed by atoms with Crippen LogP contribution in [-0.2, 0) is 14.7 Å². The van der Waals surface area contributed by atoms with Crippen molar-refractivity contribution < 1.29 is 17.3 Å². The number of nitrogens with zero attached hydrogens (tertiary/aromatic N) is 1. The van der Waals surface area contributed by atoms with Crippen molar-refractivity contribution in [3.05, 3.63) is 0 Å². The average Bonchev–Trinajstić information content (AvgIpc) is 1.63. The third kappa shape index (κ3) is 6.94. The summed E-state index contributed by atoms with van der Waals surface area (Å²) >= 11 is 0. The third-order valence-electron chi connectivity index (χ3n) is 0.264. The van der Waals surface area contributed by atoms with E-state index < -0.39 is 10.4 Å². The standard InChI is InChI=1S/C3H3NO4S/c1-2-3-4-8-9(5,6)7/h1,3H,(H,5,6,7)/b4-3+. The van der Waals surface area contributed by atoms with E-state index in [0.717, 1.165) is 6.21 Å². The minimum Gasteiger partial charge on any atom is -0.253 e. The quantitative estimate of drug-likeness (QED) is 0.247. The number of hydrogen-bond donors (Lipinski definition) is 1. The molecule has 5 nitrogen and oxygen atoms in total. The molecular weight excluding hydrogens is 146 g/mol. The van der Waals surface area contributed by atoms with E-state index in [2.05, 4.69) is 15.9 Å². The fraction of sp³-hybridized carbons (Fsp3) is 0. The van der Waals surface area contributed by atoms with Gasteiger partial charge in [-0.2, -0.15) is 8.42 Å². The molecule has 50 valence electrons. The van der Waals surface area contributed by atoms with Crippen molar-refractivity contribution in [2.75, 3.05) is 0 Å². The predicted molar refractivity (Wildman–Crippen MR) is 30.0 cm³/mol. The molecule has 0 bridgehead atoms. The van der Waals surface area contributed by atoms with Crippen LogP contribution in [0, 0.1) is 12.3 Å². The summed E-state index contributed by atoms with van der Waals surface area (Å²) in [4.78, 5) is 0. The Morgan fingerprint density at radius 2 is 2.33 bits per heavy atom. The highest BCUT2D eigenvalue weighted by atomic mass is 32.3. The van der Waals surface area contributed by atoms with Gasteiger partial charge in [0.15, 0.2) is 0 Å². The van der Waals surface area contributed by atoms with E-state index in [0.29, 0.717) is 0 Å². The molecule has 6 heteroatoms. The molecular formula is C3H3NO4S. The van der Waals surface area contributed by atoms with Crippen molar-refractivity contribution in [1.82, 2.24) is 0 Å². The van der Waals surface area contributed by atoms with Crippen molar-refractivity contribution in [3.63, 3.8) is 0 Å². The van der Waals surface area contributed by atoms with Crippen LogP contribution >= 0.6 is 0 Å². The van der Waals surface area contributed by atoms with Gasteiger partial charge in [0.05, 0.1) is 0 Å². The monoisotopic (exact) mass is 149 g/mol. The Morgan fingerprint density at radius 1 is 1.78 bits per heavy atom. The second-order valence-electron chi connectivity index (χ2n) is 0.903. The van der Waals surface area contributed by atoms with Crippen LogP contribution in [-0.4, -0.2) is 19.2 Å². The lowest BCUT2D eigenvalue weighted by Crippen LogP contribution is -1.97. The molecule has 0 aliphatic carbocycles. The van der Waals surface area contributed by atoms with Gasteiger partial charge in [-0.3, -0.25) is 4.55 Å². The van der Waals surface area contributed by atoms with Crippen molar-refractivity contribution in [1.29, 1.82) is 0 Å². The van der Waals surface area contributed by atoms with Crippen LogP contribution in [0.3, 0.4) is 0 Å². The van der Waals surface area contributed by atoms with E-state index in [1.165, 1.54) is 0 Å². The second-order valence-corrected chi connectivity index (χ2v) is 1.91. The van der Waals surface area contributed by atoms with Crippen molar-refractivity contribution in [3.8, 4) is 12.3 Å². The zero-order valence-corrected chi connectivity index (χ0v) is 5.00. The highest BCUT2D eigenvalue weighted by molar-refractivity contribution is 7.80. The Bertz CT molecular complexity index is 233. The molecule has 0 aliphatic rings. The third-order valence-corrected chi connectivity index (χ3v) is 0.539. The zero-order valence-electron chi connectivity index (χ0n) is 4.18. The van der Waals surface area contributed by atoms with E-state index in [9.17, 15) is 8.42 Å². The maximum Gasteiger partial charge on any atom is 0.466 e. The Hall–Kier alpha value is -1.06. The second kappa shape index (κ2) is 3.06. The molecule has 0 aromatic carbocycles. The largest absolute Gasteiger partial charge is 0.466 e. The van der Waals surface area contributed by atoms with Crippen LogP contribution in [0.1, 0.15) is 0 Å². The predicted octanol–water partition coefficient (Wildman–Crippen LogP) is -0.575. The van der Waals surface area contributed by atoms with E-state index >= 15 is 0 Å². The van der Waals surface area contributed by atoms with Gasteiger partial charge in [0.1, 0.15) is 6.21 Å². The molecule has 0 unspecified atom stereocenters. The van der Waals surface area contributed by atoms with Crippen LogP contribution < -0.4 is 0 Å². The Morgan fingerprint density at radius 3 is 2.67 bits per heavy atom. The van der Waals surface area contributed by atoms with Gasteiger partial charge in [-0.25, -0.2) is 4.28 Å².